The van der Waals surface area contributed by atoms with Gasteiger partial charge in [-0.2, -0.15) is 0 Å². The van der Waals surface area contributed by atoms with Gasteiger partial charge in [-0.3, -0.25) is 4.79 Å². The molecule has 9 heteroatoms. The van der Waals surface area contributed by atoms with Crippen LogP contribution in [0.1, 0.15) is 37.7 Å². The fourth-order valence-electron chi connectivity index (χ4n) is 4.22. The second-order valence-corrected chi connectivity index (χ2v) is 9.60. The molecule has 1 amide bonds. The van der Waals surface area contributed by atoms with Gasteiger partial charge in [-0.1, -0.05) is 49.7 Å². The highest BCUT2D eigenvalue weighted by molar-refractivity contribution is 6.30. The van der Waals surface area contributed by atoms with Crippen LogP contribution in [0, 0.1) is 11.7 Å². The summed E-state index contributed by atoms with van der Waals surface area (Å²) in [6, 6.07) is 12.6. The van der Waals surface area contributed by atoms with Gasteiger partial charge in [-0.25, -0.2) is 13.8 Å². The zero-order valence-corrected chi connectivity index (χ0v) is 21.6. The molecule has 0 bridgehead atoms. The number of imidazole rings is 1. The zero-order chi connectivity index (χ0) is 26.2. The summed E-state index contributed by atoms with van der Waals surface area (Å²) in [5.74, 6) is 0.00408. The Morgan fingerprint density at radius 3 is 2.61 bits per heavy atom. The number of carbonyl (C=O) groups is 1. The van der Waals surface area contributed by atoms with Crippen molar-refractivity contribution in [1.82, 2.24) is 14.5 Å². The van der Waals surface area contributed by atoms with Crippen LogP contribution >= 0.6 is 11.6 Å². The molecule has 2 atom stereocenters. The summed E-state index contributed by atoms with van der Waals surface area (Å²) >= 11 is 6.23. The van der Waals surface area contributed by atoms with Crippen molar-refractivity contribution in [2.75, 3.05) is 26.9 Å². The lowest BCUT2D eigenvalue weighted by Gasteiger charge is -2.35. The highest BCUT2D eigenvalue weighted by Crippen LogP contribution is 2.32. The molecule has 1 aromatic heterocycles. The number of halogens is 3. The average molecular weight is 519 g/mol. The molecule has 6 nitrogen and oxygen atoms in total. The summed E-state index contributed by atoms with van der Waals surface area (Å²) in [4.78, 5) is 19.8. The third kappa shape index (κ3) is 7.12. The van der Waals surface area contributed by atoms with E-state index in [0.29, 0.717) is 29.5 Å². The van der Waals surface area contributed by atoms with Crippen molar-refractivity contribution in [2.24, 2.45) is 11.7 Å². The van der Waals surface area contributed by atoms with Gasteiger partial charge in [0.1, 0.15) is 24.9 Å². The van der Waals surface area contributed by atoms with Crippen LogP contribution in [0.4, 0.5) is 8.78 Å². The molecule has 36 heavy (non-hydrogen) atoms. The van der Waals surface area contributed by atoms with Gasteiger partial charge in [-0.05, 0) is 42.2 Å². The van der Waals surface area contributed by atoms with Crippen molar-refractivity contribution >= 4 is 17.5 Å². The number of rotatable bonds is 12. The second kappa shape index (κ2) is 12.9. The van der Waals surface area contributed by atoms with E-state index in [0.717, 1.165) is 11.1 Å². The molecule has 3 aromatic rings. The van der Waals surface area contributed by atoms with Gasteiger partial charge in [0, 0.05) is 43.0 Å². The van der Waals surface area contributed by atoms with E-state index < -0.39 is 18.8 Å². The molecule has 2 N–H and O–H groups in total. The number of ether oxygens (including phenoxy) is 1. The van der Waals surface area contributed by atoms with E-state index in [1.165, 1.54) is 19.2 Å². The molecule has 0 aliphatic heterocycles. The van der Waals surface area contributed by atoms with Crippen molar-refractivity contribution in [1.29, 1.82) is 0 Å². The first-order valence-corrected chi connectivity index (χ1v) is 12.3. The molecular weight excluding hydrogens is 486 g/mol. The van der Waals surface area contributed by atoms with Crippen LogP contribution in [0.3, 0.4) is 0 Å². The highest BCUT2D eigenvalue weighted by Gasteiger charge is 2.32. The Labute approximate surface area is 216 Å². The molecular formula is C27H33ClF2N4O2. The molecule has 0 aliphatic carbocycles. The van der Waals surface area contributed by atoms with Crippen molar-refractivity contribution in [3.63, 3.8) is 0 Å². The summed E-state index contributed by atoms with van der Waals surface area (Å²) in [7, 11) is 1.45. The van der Waals surface area contributed by atoms with E-state index in [2.05, 4.69) is 0 Å². The number of carbonyl (C=O) groups excluding carboxylic acids is 1. The Morgan fingerprint density at radius 1 is 1.22 bits per heavy atom. The number of hydrogen-bond acceptors (Lipinski definition) is 4. The molecule has 1 heterocycles. The van der Waals surface area contributed by atoms with Crippen molar-refractivity contribution in [3.8, 4) is 11.3 Å². The molecule has 3 rings (SSSR count). The van der Waals surface area contributed by atoms with Gasteiger partial charge < -0.3 is 19.9 Å². The van der Waals surface area contributed by atoms with Gasteiger partial charge in [-0.15, -0.1) is 0 Å². The Kier molecular flexibility index (Phi) is 9.98. The van der Waals surface area contributed by atoms with E-state index >= 15 is 0 Å². The molecule has 1 unspecified atom stereocenters. The fraction of sp³-hybridized carbons (Fsp3) is 0.407. The molecule has 0 saturated heterocycles. The number of nitrogens with zero attached hydrogens (tertiary/aromatic N) is 3. The molecule has 2 aromatic carbocycles. The van der Waals surface area contributed by atoms with Gasteiger partial charge in [0.15, 0.2) is 0 Å². The first-order chi connectivity index (χ1) is 17.2. The third-order valence-corrected chi connectivity index (χ3v) is 6.16. The number of methoxy groups -OCH3 is 1. The van der Waals surface area contributed by atoms with Crippen LogP contribution in [-0.4, -0.2) is 53.3 Å². The largest absolute Gasteiger partial charge is 0.375 e. The van der Waals surface area contributed by atoms with Crippen molar-refractivity contribution in [3.05, 3.63) is 77.0 Å². The van der Waals surface area contributed by atoms with E-state index in [1.54, 1.807) is 17.0 Å². The molecule has 0 spiro atoms. The lowest BCUT2D eigenvalue weighted by molar-refractivity contribution is -0.139. The van der Waals surface area contributed by atoms with Gasteiger partial charge >= 0.3 is 0 Å². The van der Waals surface area contributed by atoms with Crippen molar-refractivity contribution in [2.45, 2.75) is 38.9 Å². The summed E-state index contributed by atoms with van der Waals surface area (Å²) < 4.78 is 34.1. The lowest BCUT2D eigenvalue weighted by Crippen LogP contribution is -2.43. The number of nitrogens with two attached hydrogens (primary N) is 1. The smallest absolute Gasteiger partial charge is 0.249 e. The van der Waals surface area contributed by atoms with Crippen LogP contribution < -0.4 is 5.73 Å². The van der Waals surface area contributed by atoms with E-state index in [9.17, 15) is 13.6 Å². The summed E-state index contributed by atoms with van der Waals surface area (Å²) in [6.45, 7) is 3.78. The van der Waals surface area contributed by atoms with E-state index in [1.807, 2.05) is 48.9 Å². The lowest BCUT2D eigenvalue weighted by atomic mass is 10.00. The SMILES string of the molecule is COCC(=O)N(CCC(N)CF)[C@@H](c1nc(-c2cccc(Cl)c2)cn1Cc1cccc(F)c1)C(C)C. The Morgan fingerprint density at radius 2 is 1.97 bits per heavy atom. The summed E-state index contributed by atoms with van der Waals surface area (Å²) in [5, 5.41) is 0.575. The Balaban J connectivity index is 2.11. The highest BCUT2D eigenvalue weighted by atomic mass is 35.5. The molecule has 0 aliphatic rings. The maximum atomic E-state index is 14.0. The second-order valence-electron chi connectivity index (χ2n) is 9.16. The summed E-state index contributed by atoms with van der Waals surface area (Å²) in [6.07, 6.45) is 2.18. The monoisotopic (exact) mass is 518 g/mol. The van der Waals surface area contributed by atoms with Crippen LogP contribution in [0.2, 0.25) is 5.02 Å². The predicted molar refractivity (Wildman–Crippen MR) is 138 cm³/mol. The normalized spacial score (nSPS) is 13.1. The van der Waals surface area contributed by atoms with Gasteiger partial charge in [0.05, 0.1) is 11.7 Å². The minimum Gasteiger partial charge on any atom is -0.375 e. The topological polar surface area (TPSA) is 73.4 Å². The van der Waals surface area contributed by atoms with Crippen LogP contribution in [0.25, 0.3) is 11.3 Å². The third-order valence-electron chi connectivity index (χ3n) is 5.93. The van der Waals surface area contributed by atoms with E-state index in [4.69, 9.17) is 27.1 Å². The Bertz CT molecular complexity index is 1150. The fourth-order valence-corrected chi connectivity index (χ4v) is 4.41. The molecule has 0 radical (unpaired) electrons. The van der Waals surface area contributed by atoms with Crippen molar-refractivity contribution < 1.29 is 18.3 Å². The van der Waals surface area contributed by atoms with Crippen LogP contribution in [-0.2, 0) is 16.1 Å². The number of amides is 1. The van der Waals surface area contributed by atoms with Gasteiger partial charge in [0.2, 0.25) is 5.91 Å². The predicted octanol–water partition coefficient (Wildman–Crippen LogP) is 5.25. The molecule has 0 saturated carbocycles. The first kappa shape index (κ1) is 27.8. The number of aromatic nitrogens is 2. The first-order valence-electron chi connectivity index (χ1n) is 11.9. The maximum Gasteiger partial charge on any atom is 0.249 e. The average Bonchev–Trinajstić information content (AvgIpc) is 3.24. The number of benzene rings is 2. The van der Waals surface area contributed by atoms with Crippen LogP contribution in [0.5, 0.6) is 0 Å². The quantitative estimate of drug-likeness (QED) is 0.355. The minimum atomic E-state index is -0.676. The number of alkyl halides is 1. The Hall–Kier alpha value is -2.81. The minimum absolute atomic E-state index is 0.0479. The molecule has 0 fully saturated rings. The maximum absolute atomic E-state index is 14.0. The van der Waals surface area contributed by atoms with Gasteiger partial charge in [0.25, 0.3) is 0 Å². The standard InChI is InChI=1S/C27H33ClF2N4O2/c1-18(2)26(34(25(35)17-36-3)11-10-23(31)14-29)27-32-24(20-7-5-8-21(28)13-20)16-33(27)15-19-6-4-9-22(30)12-19/h4-9,12-13,16,18,23,26H,10-11,14-15,17,31H2,1-3H3/t23?,26-/m1/s1. The number of hydrogen-bond donors (Lipinski definition) is 1. The zero-order valence-electron chi connectivity index (χ0n) is 20.8. The summed E-state index contributed by atoms with van der Waals surface area (Å²) in [5.41, 5.74) is 8.08. The molecule has 194 valence electrons. The van der Waals surface area contributed by atoms with E-state index in [-0.39, 0.29) is 30.8 Å². The van der Waals surface area contributed by atoms with Crippen LogP contribution in [0.15, 0.2) is 54.7 Å².